The minimum atomic E-state index is 0.430. The Hall–Kier alpha value is -0.0800. The maximum Gasteiger partial charge on any atom is 0.0599 e. The van der Waals surface area contributed by atoms with E-state index in [1.165, 1.54) is 38.5 Å². The van der Waals surface area contributed by atoms with E-state index in [2.05, 4.69) is 13.8 Å². The van der Waals surface area contributed by atoms with E-state index in [-0.39, 0.29) is 0 Å². The molecule has 16 heavy (non-hydrogen) atoms. The van der Waals surface area contributed by atoms with Gasteiger partial charge in [0.1, 0.15) is 0 Å². The molecule has 1 saturated carbocycles. The highest BCUT2D eigenvalue weighted by Crippen LogP contribution is 2.28. The van der Waals surface area contributed by atoms with Gasteiger partial charge in [0.2, 0.25) is 0 Å². The van der Waals surface area contributed by atoms with Gasteiger partial charge in [-0.3, -0.25) is 0 Å². The average Bonchev–Trinajstić information content (AvgIpc) is 2.31. The summed E-state index contributed by atoms with van der Waals surface area (Å²) in [4.78, 5) is 0. The van der Waals surface area contributed by atoms with Crippen LogP contribution in [0.25, 0.3) is 0 Å². The summed E-state index contributed by atoms with van der Waals surface area (Å²) in [6.45, 7) is 6.66. The van der Waals surface area contributed by atoms with Crippen LogP contribution in [-0.4, -0.2) is 25.9 Å². The molecular formula is C14H28O2. The van der Waals surface area contributed by atoms with Crippen molar-refractivity contribution in [2.75, 3.05) is 19.8 Å². The van der Waals surface area contributed by atoms with E-state index in [4.69, 9.17) is 9.47 Å². The second-order valence-corrected chi connectivity index (χ2v) is 4.80. The first kappa shape index (κ1) is 14.0. The summed E-state index contributed by atoms with van der Waals surface area (Å²) < 4.78 is 11.2. The highest BCUT2D eigenvalue weighted by atomic mass is 16.5. The summed E-state index contributed by atoms with van der Waals surface area (Å²) in [5, 5.41) is 0. The Balaban J connectivity index is 2.19. The molecule has 0 spiro atoms. The zero-order chi connectivity index (χ0) is 11.6. The van der Waals surface area contributed by atoms with Crippen LogP contribution in [-0.2, 0) is 9.47 Å². The fraction of sp³-hybridized carbons (Fsp3) is 1.00. The molecule has 0 aromatic carbocycles. The number of hydrogen-bond acceptors (Lipinski definition) is 2. The molecule has 0 aromatic rings. The van der Waals surface area contributed by atoms with Crippen molar-refractivity contribution in [1.82, 2.24) is 0 Å². The van der Waals surface area contributed by atoms with Crippen LogP contribution in [0.15, 0.2) is 0 Å². The van der Waals surface area contributed by atoms with E-state index in [9.17, 15) is 0 Å². The van der Waals surface area contributed by atoms with E-state index >= 15 is 0 Å². The van der Waals surface area contributed by atoms with Crippen LogP contribution < -0.4 is 0 Å². The van der Waals surface area contributed by atoms with Crippen LogP contribution in [0.1, 0.15) is 58.8 Å². The molecule has 1 aliphatic carbocycles. The zero-order valence-corrected chi connectivity index (χ0v) is 11.0. The van der Waals surface area contributed by atoms with Crippen LogP contribution >= 0.6 is 0 Å². The zero-order valence-electron chi connectivity index (χ0n) is 11.0. The Morgan fingerprint density at radius 1 is 1.06 bits per heavy atom. The van der Waals surface area contributed by atoms with Gasteiger partial charge in [0.05, 0.1) is 6.10 Å². The lowest BCUT2D eigenvalue weighted by Crippen LogP contribution is -2.21. The quantitative estimate of drug-likeness (QED) is 0.588. The van der Waals surface area contributed by atoms with E-state index in [0.29, 0.717) is 6.10 Å². The monoisotopic (exact) mass is 228 g/mol. The summed E-state index contributed by atoms with van der Waals surface area (Å²) in [6.07, 6.45) is 9.87. The highest BCUT2D eigenvalue weighted by Gasteiger charge is 2.18. The third-order valence-electron chi connectivity index (χ3n) is 3.51. The second kappa shape index (κ2) is 9.00. The third kappa shape index (κ3) is 5.86. The standard InChI is InChI=1S/C14H28O2/c1-3-15-11-10-14(16-4-2)12-13-8-6-5-7-9-13/h13-14H,3-12H2,1-2H3. The fourth-order valence-corrected chi connectivity index (χ4v) is 2.66. The van der Waals surface area contributed by atoms with Crippen molar-refractivity contribution >= 4 is 0 Å². The van der Waals surface area contributed by atoms with Gasteiger partial charge in [-0.25, -0.2) is 0 Å². The fourth-order valence-electron chi connectivity index (χ4n) is 2.66. The lowest BCUT2D eigenvalue weighted by Gasteiger charge is -2.26. The lowest BCUT2D eigenvalue weighted by molar-refractivity contribution is 0.0125. The third-order valence-corrected chi connectivity index (χ3v) is 3.51. The molecule has 1 fully saturated rings. The second-order valence-electron chi connectivity index (χ2n) is 4.80. The Morgan fingerprint density at radius 3 is 2.44 bits per heavy atom. The van der Waals surface area contributed by atoms with Crippen molar-refractivity contribution in [3.8, 4) is 0 Å². The van der Waals surface area contributed by atoms with Crippen LogP contribution in [0.5, 0.6) is 0 Å². The molecule has 0 saturated heterocycles. The SMILES string of the molecule is CCOCCC(CC1CCCCC1)OCC. The molecule has 2 nitrogen and oxygen atoms in total. The molecule has 96 valence electrons. The van der Waals surface area contributed by atoms with E-state index < -0.39 is 0 Å². The first-order valence-corrected chi connectivity index (χ1v) is 7.06. The molecule has 0 heterocycles. The smallest absolute Gasteiger partial charge is 0.0599 e. The summed E-state index contributed by atoms with van der Waals surface area (Å²) in [5.74, 6) is 0.909. The lowest BCUT2D eigenvalue weighted by atomic mass is 9.85. The maximum atomic E-state index is 5.81. The van der Waals surface area contributed by atoms with Gasteiger partial charge in [0.25, 0.3) is 0 Å². The molecule has 1 atom stereocenters. The predicted molar refractivity (Wildman–Crippen MR) is 67.7 cm³/mol. The molecule has 2 heteroatoms. The summed E-state index contributed by atoms with van der Waals surface area (Å²) >= 11 is 0. The predicted octanol–water partition coefficient (Wildman–Crippen LogP) is 3.79. The largest absolute Gasteiger partial charge is 0.382 e. The molecule has 1 unspecified atom stereocenters. The van der Waals surface area contributed by atoms with Gasteiger partial charge in [0.15, 0.2) is 0 Å². The molecule has 0 bridgehead atoms. The minimum Gasteiger partial charge on any atom is -0.382 e. The van der Waals surface area contributed by atoms with Crippen LogP contribution in [0.3, 0.4) is 0 Å². The molecule has 0 N–H and O–H groups in total. The van der Waals surface area contributed by atoms with E-state index in [1.807, 2.05) is 0 Å². The van der Waals surface area contributed by atoms with Crippen molar-refractivity contribution in [1.29, 1.82) is 0 Å². The Kier molecular flexibility index (Phi) is 7.87. The van der Waals surface area contributed by atoms with Crippen molar-refractivity contribution in [2.45, 2.75) is 64.9 Å². The first-order chi connectivity index (χ1) is 7.86. The normalized spacial score (nSPS) is 19.9. The molecule has 1 rings (SSSR count). The Labute approximate surface area is 101 Å². The highest BCUT2D eigenvalue weighted by molar-refractivity contribution is 4.70. The average molecular weight is 228 g/mol. The summed E-state index contributed by atoms with van der Waals surface area (Å²) in [6, 6.07) is 0. The number of rotatable bonds is 8. The van der Waals surface area contributed by atoms with Gasteiger partial charge in [-0.05, 0) is 32.6 Å². The number of hydrogen-bond donors (Lipinski definition) is 0. The van der Waals surface area contributed by atoms with Crippen LogP contribution in [0.4, 0.5) is 0 Å². The molecular weight excluding hydrogens is 200 g/mol. The Morgan fingerprint density at radius 2 is 1.81 bits per heavy atom. The molecule has 0 radical (unpaired) electrons. The summed E-state index contributed by atoms with van der Waals surface area (Å²) in [7, 11) is 0. The van der Waals surface area contributed by atoms with Gasteiger partial charge in [0, 0.05) is 19.8 Å². The topological polar surface area (TPSA) is 18.5 Å². The van der Waals surface area contributed by atoms with Crippen molar-refractivity contribution in [3.63, 3.8) is 0 Å². The van der Waals surface area contributed by atoms with Crippen LogP contribution in [0, 0.1) is 5.92 Å². The molecule has 1 aliphatic rings. The molecule has 0 aliphatic heterocycles. The van der Waals surface area contributed by atoms with Gasteiger partial charge < -0.3 is 9.47 Å². The Bertz CT molecular complexity index is 153. The van der Waals surface area contributed by atoms with Crippen LogP contribution in [0.2, 0.25) is 0 Å². The molecule has 0 amide bonds. The van der Waals surface area contributed by atoms with Gasteiger partial charge in [-0.15, -0.1) is 0 Å². The van der Waals surface area contributed by atoms with Gasteiger partial charge in [-0.1, -0.05) is 32.1 Å². The number of ether oxygens (including phenoxy) is 2. The van der Waals surface area contributed by atoms with Crippen molar-refractivity contribution in [2.24, 2.45) is 5.92 Å². The summed E-state index contributed by atoms with van der Waals surface area (Å²) in [5.41, 5.74) is 0. The van der Waals surface area contributed by atoms with Crippen molar-refractivity contribution in [3.05, 3.63) is 0 Å². The van der Waals surface area contributed by atoms with E-state index in [1.54, 1.807) is 0 Å². The van der Waals surface area contributed by atoms with E-state index in [0.717, 1.165) is 32.2 Å². The first-order valence-electron chi connectivity index (χ1n) is 7.06. The molecule has 0 aromatic heterocycles. The van der Waals surface area contributed by atoms with Gasteiger partial charge >= 0.3 is 0 Å². The maximum absolute atomic E-state index is 5.81. The minimum absolute atomic E-state index is 0.430. The van der Waals surface area contributed by atoms with Crippen molar-refractivity contribution < 1.29 is 9.47 Å². The van der Waals surface area contributed by atoms with Gasteiger partial charge in [-0.2, -0.15) is 0 Å².